The van der Waals surface area contributed by atoms with E-state index in [1.165, 1.54) is 6.21 Å². The topological polar surface area (TPSA) is 115 Å². The van der Waals surface area contributed by atoms with Crippen LogP contribution in [0.15, 0.2) is 66.7 Å². The highest BCUT2D eigenvalue weighted by Gasteiger charge is 2.12. The standard InChI is InChI=1S/C22H21N5O/c1-26-20-10-7-15(11-16(20)13-23)22(28)27-17-8-9-19(24)18(12-17)21(25)14-5-3-2-4-6-14/h2-13,23,25-26H,24H2,1H3,(H,27,28). The van der Waals surface area contributed by atoms with Crippen LogP contribution in [-0.4, -0.2) is 24.9 Å². The number of hydrogen-bond acceptors (Lipinski definition) is 5. The van der Waals surface area contributed by atoms with Crippen LogP contribution in [0.5, 0.6) is 0 Å². The van der Waals surface area contributed by atoms with E-state index >= 15 is 0 Å². The number of amides is 1. The highest BCUT2D eigenvalue weighted by molar-refractivity contribution is 6.15. The minimum atomic E-state index is -0.298. The summed E-state index contributed by atoms with van der Waals surface area (Å²) >= 11 is 0. The van der Waals surface area contributed by atoms with Crippen LogP contribution in [0.2, 0.25) is 0 Å². The van der Waals surface area contributed by atoms with Crippen molar-refractivity contribution in [1.82, 2.24) is 0 Å². The van der Waals surface area contributed by atoms with Crippen molar-refractivity contribution in [2.24, 2.45) is 0 Å². The van der Waals surface area contributed by atoms with E-state index in [0.717, 1.165) is 11.3 Å². The average molecular weight is 371 g/mol. The number of benzene rings is 3. The van der Waals surface area contributed by atoms with Crippen LogP contribution in [-0.2, 0) is 0 Å². The normalized spacial score (nSPS) is 10.2. The third-order valence-corrected chi connectivity index (χ3v) is 4.38. The molecule has 3 rings (SSSR count). The van der Waals surface area contributed by atoms with E-state index in [9.17, 15) is 4.79 Å². The molecule has 0 atom stereocenters. The van der Waals surface area contributed by atoms with Gasteiger partial charge in [-0.3, -0.25) is 10.2 Å². The first kappa shape index (κ1) is 18.8. The molecule has 6 N–H and O–H groups in total. The molecule has 0 saturated heterocycles. The van der Waals surface area contributed by atoms with Gasteiger partial charge in [0.1, 0.15) is 0 Å². The lowest BCUT2D eigenvalue weighted by atomic mass is 10.0. The number of rotatable bonds is 6. The predicted octanol–water partition coefficient (Wildman–Crippen LogP) is 3.98. The van der Waals surface area contributed by atoms with Gasteiger partial charge in [-0.2, -0.15) is 0 Å². The molecule has 6 heteroatoms. The van der Waals surface area contributed by atoms with E-state index in [-0.39, 0.29) is 5.91 Å². The van der Waals surface area contributed by atoms with E-state index in [0.29, 0.717) is 33.8 Å². The molecule has 0 unspecified atom stereocenters. The summed E-state index contributed by atoms with van der Waals surface area (Å²) < 4.78 is 0. The fourth-order valence-electron chi connectivity index (χ4n) is 2.87. The van der Waals surface area contributed by atoms with Gasteiger partial charge in [-0.25, -0.2) is 0 Å². The van der Waals surface area contributed by atoms with E-state index in [2.05, 4.69) is 10.6 Å². The Balaban J connectivity index is 1.86. The van der Waals surface area contributed by atoms with Crippen LogP contribution in [0.25, 0.3) is 0 Å². The monoisotopic (exact) mass is 371 g/mol. The van der Waals surface area contributed by atoms with Crippen molar-refractivity contribution in [1.29, 1.82) is 10.8 Å². The summed E-state index contributed by atoms with van der Waals surface area (Å²) in [5, 5.41) is 21.7. The number of carbonyl (C=O) groups is 1. The van der Waals surface area contributed by atoms with Crippen LogP contribution < -0.4 is 16.4 Å². The van der Waals surface area contributed by atoms with Gasteiger partial charge in [0.2, 0.25) is 0 Å². The molecule has 0 fully saturated rings. The van der Waals surface area contributed by atoms with Crippen LogP contribution in [0, 0.1) is 10.8 Å². The summed E-state index contributed by atoms with van der Waals surface area (Å²) in [6.45, 7) is 0. The number of nitrogens with two attached hydrogens (primary N) is 1. The van der Waals surface area contributed by atoms with Crippen LogP contribution in [0.3, 0.4) is 0 Å². The van der Waals surface area contributed by atoms with Crippen molar-refractivity contribution in [2.75, 3.05) is 23.4 Å². The van der Waals surface area contributed by atoms with Crippen molar-refractivity contribution in [3.05, 3.63) is 89.0 Å². The maximum absolute atomic E-state index is 12.6. The third kappa shape index (κ3) is 3.91. The van der Waals surface area contributed by atoms with Crippen molar-refractivity contribution in [3.8, 4) is 0 Å². The second kappa shape index (κ2) is 8.18. The minimum absolute atomic E-state index is 0.290. The molecule has 6 nitrogen and oxygen atoms in total. The maximum atomic E-state index is 12.6. The molecule has 140 valence electrons. The van der Waals surface area contributed by atoms with Gasteiger partial charge in [0.15, 0.2) is 0 Å². The zero-order valence-corrected chi connectivity index (χ0v) is 15.4. The lowest BCUT2D eigenvalue weighted by molar-refractivity contribution is 0.102. The number of hydrogen-bond donors (Lipinski definition) is 5. The van der Waals surface area contributed by atoms with Gasteiger partial charge in [0.25, 0.3) is 5.91 Å². The van der Waals surface area contributed by atoms with Gasteiger partial charge in [-0.15, -0.1) is 0 Å². The van der Waals surface area contributed by atoms with E-state index < -0.39 is 0 Å². The van der Waals surface area contributed by atoms with Crippen molar-refractivity contribution >= 4 is 34.9 Å². The van der Waals surface area contributed by atoms with E-state index in [1.54, 1.807) is 43.4 Å². The molecule has 1 amide bonds. The molecule has 0 aromatic heterocycles. The van der Waals surface area contributed by atoms with Crippen molar-refractivity contribution < 1.29 is 4.79 Å². The summed E-state index contributed by atoms with van der Waals surface area (Å²) in [7, 11) is 1.76. The number of carbonyl (C=O) groups excluding carboxylic acids is 1. The first-order chi connectivity index (χ1) is 13.5. The molecule has 0 bridgehead atoms. The molecule has 0 aliphatic heterocycles. The molecule has 3 aromatic rings. The Kier molecular flexibility index (Phi) is 5.50. The summed E-state index contributed by atoms with van der Waals surface area (Å²) in [6.07, 6.45) is 1.20. The molecule has 0 radical (unpaired) electrons. The first-order valence-electron chi connectivity index (χ1n) is 8.71. The smallest absolute Gasteiger partial charge is 0.255 e. The fourth-order valence-corrected chi connectivity index (χ4v) is 2.87. The Bertz CT molecular complexity index is 1040. The molecule has 0 heterocycles. The van der Waals surface area contributed by atoms with Crippen LogP contribution in [0.4, 0.5) is 17.1 Å². The zero-order valence-electron chi connectivity index (χ0n) is 15.4. The summed E-state index contributed by atoms with van der Waals surface area (Å²) in [4.78, 5) is 12.6. The highest BCUT2D eigenvalue weighted by Crippen LogP contribution is 2.22. The molecule has 0 saturated carbocycles. The second-order valence-corrected chi connectivity index (χ2v) is 6.19. The van der Waals surface area contributed by atoms with Gasteiger partial charge >= 0.3 is 0 Å². The Morgan fingerprint density at radius 3 is 2.43 bits per heavy atom. The third-order valence-electron chi connectivity index (χ3n) is 4.38. The molecule has 28 heavy (non-hydrogen) atoms. The second-order valence-electron chi connectivity index (χ2n) is 6.19. The number of nitrogens with one attached hydrogen (secondary N) is 4. The first-order valence-corrected chi connectivity index (χ1v) is 8.71. The van der Waals surface area contributed by atoms with Gasteiger partial charge in [-0.1, -0.05) is 30.3 Å². The zero-order chi connectivity index (χ0) is 20.1. The quantitative estimate of drug-likeness (QED) is 0.333. The van der Waals surface area contributed by atoms with Crippen LogP contribution in [0.1, 0.15) is 27.0 Å². The number of anilines is 3. The minimum Gasteiger partial charge on any atom is -0.398 e. The Morgan fingerprint density at radius 1 is 1.00 bits per heavy atom. The van der Waals surface area contributed by atoms with Crippen LogP contribution >= 0.6 is 0 Å². The van der Waals surface area contributed by atoms with Crippen molar-refractivity contribution in [3.63, 3.8) is 0 Å². The maximum Gasteiger partial charge on any atom is 0.255 e. The molecule has 0 aliphatic carbocycles. The number of nitrogen functional groups attached to an aromatic ring is 1. The molecule has 3 aromatic carbocycles. The summed E-state index contributed by atoms with van der Waals surface area (Å²) in [5.74, 6) is -0.298. The highest BCUT2D eigenvalue weighted by atomic mass is 16.1. The van der Waals surface area contributed by atoms with E-state index in [4.69, 9.17) is 16.6 Å². The van der Waals surface area contributed by atoms with Gasteiger partial charge in [-0.05, 0) is 36.4 Å². The lowest BCUT2D eigenvalue weighted by Gasteiger charge is -2.12. The SMILES string of the molecule is CNc1ccc(C(=O)Nc2ccc(N)c(C(=N)c3ccccc3)c2)cc1C=N. The van der Waals surface area contributed by atoms with E-state index in [1.807, 2.05) is 30.3 Å². The van der Waals surface area contributed by atoms with Crippen molar-refractivity contribution in [2.45, 2.75) is 0 Å². The summed E-state index contributed by atoms with van der Waals surface area (Å²) in [6, 6.07) is 19.5. The largest absolute Gasteiger partial charge is 0.398 e. The van der Waals surface area contributed by atoms with Gasteiger partial charge in [0.05, 0.1) is 5.71 Å². The average Bonchev–Trinajstić information content (AvgIpc) is 2.74. The molecule has 0 aliphatic rings. The predicted molar refractivity (Wildman–Crippen MR) is 115 cm³/mol. The lowest BCUT2D eigenvalue weighted by Crippen LogP contribution is -2.14. The van der Waals surface area contributed by atoms with Gasteiger partial charge < -0.3 is 21.8 Å². The Morgan fingerprint density at radius 2 is 1.75 bits per heavy atom. The molecular formula is C22H21N5O. The van der Waals surface area contributed by atoms with Gasteiger partial charge in [0, 0.05) is 52.6 Å². The summed E-state index contributed by atoms with van der Waals surface area (Å²) in [5.41, 5.74) is 10.5. The molecule has 0 spiro atoms. The molecular weight excluding hydrogens is 350 g/mol. The fraction of sp³-hybridized carbons (Fsp3) is 0.0455. The Hall–Kier alpha value is -3.93. The Labute approximate surface area is 163 Å².